The van der Waals surface area contributed by atoms with Crippen molar-refractivity contribution >= 4 is 11.9 Å². The molecule has 1 aromatic rings. The molecule has 0 spiro atoms. The first-order valence-electron chi connectivity index (χ1n) is 5.45. The first-order valence-corrected chi connectivity index (χ1v) is 5.45. The fourth-order valence-corrected chi connectivity index (χ4v) is 2.30. The number of aliphatic carboxylic acids is 1. The Morgan fingerprint density at radius 1 is 1.37 bits per heavy atom. The number of carboxylic acid groups (broad SMARTS) is 1. The molecule has 7 heteroatoms. The van der Waals surface area contributed by atoms with E-state index in [0.29, 0.717) is 6.07 Å². The lowest BCUT2D eigenvalue weighted by molar-refractivity contribution is -0.147. The molecular formula is C12H10F3NO3. The molecule has 0 bridgehead atoms. The van der Waals surface area contributed by atoms with Crippen LogP contribution in [0.4, 0.5) is 13.2 Å². The lowest BCUT2D eigenvalue weighted by atomic mass is 9.88. The van der Waals surface area contributed by atoms with Crippen LogP contribution in [0.15, 0.2) is 12.1 Å². The predicted octanol–water partition coefficient (Wildman–Crippen LogP) is 1.36. The molecule has 0 radical (unpaired) electrons. The fraction of sp³-hybridized carbons (Fsp3) is 0.333. The van der Waals surface area contributed by atoms with Crippen LogP contribution in [0.3, 0.4) is 0 Å². The highest BCUT2D eigenvalue weighted by atomic mass is 19.2. The third kappa shape index (κ3) is 2.16. The third-order valence-electron chi connectivity index (χ3n) is 3.20. The van der Waals surface area contributed by atoms with E-state index in [0.717, 1.165) is 11.0 Å². The van der Waals surface area contributed by atoms with E-state index in [-0.39, 0.29) is 6.54 Å². The van der Waals surface area contributed by atoms with Gasteiger partial charge in [-0.1, -0.05) is 0 Å². The third-order valence-corrected chi connectivity index (χ3v) is 3.20. The molecule has 0 aromatic heterocycles. The molecule has 1 N–H and O–H groups in total. The van der Waals surface area contributed by atoms with Gasteiger partial charge in [0.1, 0.15) is 11.7 Å². The van der Waals surface area contributed by atoms with Crippen molar-refractivity contribution in [2.24, 2.45) is 5.92 Å². The summed E-state index contributed by atoms with van der Waals surface area (Å²) in [6.07, 6.45) is 0. The van der Waals surface area contributed by atoms with Gasteiger partial charge in [0.05, 0.1) is 0 Å². The van der Waals surface area contributed by atoms with Gasteiger partial charge in [0.15, 0.2) is 11.6 Å². The molecule has 0 aliphatic carbocycles. The molecule has 19 heavy (non-hydrogen) atoms. The van der Waals surface area contributed by atoms with Crippen LogP contribution in [0, 0.1) is 23.4 Å². The largest absolute Gasteiger partial charge is 0.481 e. The number of nitrogens with zero attached hydrogens (tertiary/aromatic N) is 1. The van der Waals surface area contributed by atoms with Crippen molar-refractivity contribution in [1.82, 2.24) is 4.90 Å². The quantitative estimate of drug-likeness (QED) is 0.654. The van der Waals surface area contributed by atoms with Crippen LogP contribution in [0.5, 0.6) is 0 Å². The van der Waals surface area contributed by atoms with E-state index in [9.17, 15) is 22.8 Å². The number of amides is 1. The average Bonchev–Trinajstić information content (AvgIpc) is 2.60. The lowest BCUT2D eigenvalue weighted by Crippen LogP contribution is -2.28. The van der Waals surface area contributed by atoms with Gasteiger partial charge in [-0.25, -0.2) is 13.2 Å². The summed E-state index contributed by atoms with van der Waals surface area (Å²) >= 11 is 0. The topological polar surface area (TPSA) is 57.6 Å². The average molecular weight is 273 g/mol. The molecule has 1 aromatic carbocycles. The molecule has 1 fully saturated rings. The maximum Gasteiger partial charge on any atom is 0.316 e. The summed E-state index contributed by atoms with van der Waals surface area (Å²) in [5.41, 5.74) is -0.428. The number of likely N-dealkylation sites (tertiary alicyclic amines) is 1. The maximum absolute atomic E-state index is 13.7. The standard InChI is InChI=1S/C12H10F3NO3/c1-16-4-7(9(11(16)17)12(18)19)6-2-5(13)3-8(14)10(6)15/h2-3,7,9H,4H2,1H3,(H,18,19)/t7-,9?/m0/s1. The van der Waals surface area contributed by atoms with Crippen molar-refractivity contribution in [2.75, 3.05) is 13.6 Å². The molecule has 0 saturated carbocycles. The van der Waals surface area contributed by atoms with Crippen molar-refractivity contribution in [3.63, 3.8) is 0 Å². The van der Waals surface area contributed by atoms with Crippen LogP contribution in [0.25, 0.3) is 0 Å². The maximum atomic E-state index is 13.7. The molecule has 1 saturated heterocycles. The Labute approximate surface area is 106 Å². The van der Waals surface area contributed by atoms with Crippen LogP contribution in [0.1, 0.15) is 11.5 Å². The number of carboxylic acids is 1. The number of rotatable bonds is 2. The number of carbonyl (C=O) groups is 2. The number of benzene rings is 1. The molecule has 1 amide bonds. The Morgan fingerprint density at radius 3 is 2.58 bits per heavy atom. The van der Waals surface area contributed by atoms with Crippen molar-refractivity contribution in [3.05, 3.63) is 35.1 Å². The highest BCUT2D eigenvalue weighted by molar-refractivity contribution is 5.99. The zero-order valence-electron chi connectivity index (χ0n) is 9.86. The molecular weight excluding hydrogens is 263 g/mol. The van der Waals surface area contributed by atoms with E-state index in [2.05, 4.69) is 0 Å². The Morgan fingerprint density at radius 2 is 2.00 bits per heavy atom. The second kappa shape index (κ2) is 4.56. The SMILES string of the molecule is CN1C[C@@H](c2cc(F)cc(F)c2F)C(C(=O)O)C1=O. The number of hydrogen-bond acceptors (Lipinski definition) is 2. The van der Waals surface area contributed by atoms with Crippen molar-refractivity contribution in [2.45, 2.75) is 5.92 Å². The van der Waals surface area contributed by atoms with E-state index < -0.39 is 46.7 Å². The summed E-state index contributed by atoms with van der Waals surface area (Å²) in [4.78, 5) is 23.8. The first-order chi connectivity index (χ1) is 8.82. The summed E-state index contributed by atoms with van der Waals surface area (Å²) in [7, 11) is 1.35. The minimum atomic E-state index is -1.53. The predicted molar refractivity (Wildman–Crippen MR) is 57.8 cm³/mol. The summed E-state index contributed by atoms with van der Waals surface area (Å²) in [5, 5.41) is 9.01. The highest BCUT2D eigenvalue weighted by Crippen LogP contribution is 2.35. The summed E-state index contributed by atoms with van der Waals surface area (Å²) < 4.78 is 39.9. The molecule has 1 aliphatic heterocycles. The van der Waals surface area contributed by atoms with Crippen molar-refractivity contribution in [1.29, 1.82) is 0 Å². The normalized spacial score (nSPS) is 22.9. The molecule has 2 rings (SSSR count). The number of carbonyl (C=O) groups excluding carboxylic acids is 1. The minimum absolute atomic E-state index is 0.102. The zero-order valence-corrected chi connectivity index (χ0v) is 9.86. The van der Waals surface area contributed by atoms with E-state index in [4.69, 9.17) is 5.11 Å². The van der Waals surface area contributed by atoms with Gasteiger partial charge in [0, 0.05) is 31.1 Å². The van der Waals surface area contributed by atoms with E-state index in [1.807, 2.05) is 0 Å². The smallest absolute Gasteiger partial charge is 0.316 e. The van der Waals surface area contributed by atoms with E-state index >= 15 is 0 Å². The van der Waals surface area contributed by atoms with Crippen LogP contribution in [-0.2, 0) is 9.59 Å². The fourth-order valence-electron chi connectivity index (χ4n) is 2.30. The van der Waals surface area contributed by atoms with Crippen molar-refractivity contribution < 1.29 is 27.9 Å². The molecule has 1 aliphatic rings. The second-order valence-corrected chi connectivity index (χ2v) is 4.43. The Hall–Kier alpha value is -2.05. The van der Waals surface area contributed by atoms with Gasteiger partial charge in [-0.05, 0) is 6.07 Å². The molecule has 4 nitrogen and oxygen atoms in total. The van der Waals surface area contributed by atoms with Crippen LogP contribution < -0.4 is 0 Å². The summed E-state index contributed by atoms with van der Waals surface area (Å²) in [5.74, 6) is -8.52. The van der Waals surface area contributed by atoms with Gasteiger partial charge in [-0.3, -0.25) is 9.59 Å². The van der Waals surface area contributed by atoms with Gasteiger partial charge < -0.3 is 10.0 Å². The Balaban J connectivity index is 2.52. The van der Waals surface area contributed by atoms with Gasteiger partial charge in [0.25, 0.3) is 0 Å². The lowest BCUT2D eigenvalue weighted by Gasteiger charge is -2.14. The number of halogens is 3. The van der Waals surface area contributed by atoms with Crippen LogP contribution >= 0.6 is 0 Å². The number of hydrogen-bond donors (Lipinski definition) is 1. The monoisotopic (exact) mass is 273 g/mol. The second-order valence-electron chi connectivity index (χ2n) is 4.43. The molecule has 2 atom stereocenters. The Kier molecular flexibility index (Phi) is 3.21. The minimum Gasteiger partial charge on any atom is -0.481 e. The van der Waals surface area contributed by atoms with Gasteiger partial charge in [-0.15, -0.1) is 0 Å². The summed E-state index contributed by atoms with van der Waals surface area (Å²) in [6.45, 7) is -0.102. The highest BCUT2D eigenvalue weighted by Gasteiger charge is 2.45. The van der Waals surface area contributed by atoms with Gasteiger partial charge in [-0.2, -0.15) is 0 Å². The Bertz CT molecular complexity index is 561. The first kappa shape index (κ1) is 13.4. The van der Waals surface area contributed by atoms with Gasteiger partial charge in [0.2, 0.25) is 5.91 Å². The van der Waals surface area contributed by atoms with E-state index in [1.54, 1.807) is 0 Å². The van der Waals surface area contributed by atoms with Gasteiger partial charge >= 0.3 is 5.97 Å². The van der Waals surface area contributed by atoms with Crippen LogP contribution in [-0.4, -0.2) is 35.5 Å². The molecule has 1 unspecified atom stereocenters. The van der Waals surface area contributed by atoms with Crippen LogP contribution in [0.2, 0.25) is 0 Å². The molecule has 102 valence electrons. The molecule has 1 heterocycles. The van der Waals surface area contributed by atoms with E-state index in [1.165, 1.54) is 7.05 Å². The summed E-state index contributed by atoms with van der Waals surface area (Å²) in [6, 6.07) is 1.10. The number of likely N-dealkylation sites (N-methyl/N-ethyl adjacent to an activating group) is 1. The van der Waals surface area contributed by atoms with Crippen molar-refractivity contribution in [3.8, 4) is 0 Å². The zero-order chi connectivity index (χ0) is 14.3.